The molecule has 0 nitrogen and oxygen atoms in total. The molecule has 0 fully saturated rings. The van der Waals surface area contributed by atoms with Crippen LogP contribution >= 0.6 is 68.8 Å². The minimum absolute atomic E-state index is 0.445. The molecule has 0 bridgehead atoms. The number of hydrogen-bond acceptors (Lipinski definition) is 3. The average Bonchev–Trinajstić information content (AvgIpc) is 4.07. The van der Waals surface area contributed by atoms with E-state index in [9.17, 15) is 0 Å². The predicted molar refractivity (Wildman–Crippen MR) is 305 cm³/mol. The maximum atomic E-state index is 6.71. The largest absolute Gasteiger partial charge is 0.140 e. The van der Waals surface area contributed by atoms with E-state index in [1.54, 1.807) is 44.9 Å². The first-order valence-corrected chi connectivity index (χ1v) is 30.0. The summed E-state index contributed by atoms with van der Waals surface area (Å²) in [5.74, 6) is 19.3. The summed E-state index contributed by atoms with van der Waals surface area (Å²) in [4.78, 5) is 4.80. The van der Waals surface area contributed by atoms with E-state index in [0.29, 0.717) is 31.8 Å². The predicted octanol–water partition coefficient (Wildman–Crippen LogP) is 22.3. The van der Waals surface area contributed by atoms with E-state index in [-0.39, 0.29) is 0 Å². The number of halogens is 3. The molecule has 0 amide bonds. The maximum Gasteiger partial charge on any atom is 0.0750 e. The van der Waals surface area contributed by atoms with Gasteiger partial charge in [-0.25, -0.2) is 0 Å². The number of thiophene rings is 3. The Balaban J connectivity index is 0.000000289. The van der Waals surface area contributed by atoms with Gasteiger partial charge in [0, 0.05) is 64.2 Å². The molecule has 0 atom stereocenters. The molecular weight excluding hydrogens is 923 g/mol. The Morgan fingerprint density at radius 2 is 0.576 bits per heavy atom. The number of rotatable bonds is 27. The number of unbranched alkanes of at least 4 members (excludes halogenated alkanes) is 21. The van der Waals surface area contributed by atoms with Crippen LogP contribution < -0.4 is 0 Å². The van der Waals surface area contributed by atoms with Crippen molar-refractivity contribution in [2.45, 2.75) is 234 Å². The fourth-order valence-electron chi connectivity index (χ4n) is 8.35. The van der Waals surface area contributed by atoms with Crippen LogP contribution in [-0.2, 0) is 19.3 Å². The van der Waals surface area contributed by atoms with Crippen LogP contribution in [0.4, 0.5) is 0 Å². The molecule has 0 aliphatic heterocycles. The normalized spacial score (nSPS) is 11.0. The molecule has 0 aliphatic rings. The molecule has 0 saturated heterocycles. The van der Waals surface area contributed by atoms with Crippen LogP contribution in [-0.4, -0.2) is 0 Å². The quantitative estimate of drug-likeness (QED) is 0.0363. The molecule has 3 aromatic heterocycles. The van der Waals surface area contributed by atoms with Crippen molar-refractivity contribution in [2.75, 3.05) is 0 Å². The van der Waals surface area contributed by atoms with Crippen molar-refractivity contribution in [1.82, 2.24) is 0 Å². The van der Waals surface area contributed by atoms with Gasteiger partial charge >= 0.3 is 0 Å². The number of aryl methyl sites for hydroxylation is 3. The first kappa shape index (κ1) is 56.5. The zero-order valence-electron chi connectivity index (χ0n) is 41.8. The van der Waals surface area contributed by atoms with Gasteiger partial charge in [-0.15, -0.1) is 34.0 Å². The van der Waals surface area contributed by atoms with Crippen molar-refractivity contribution in [2.24, 2.45) is 0 Å². The van der Waals surface area contributed by atoms with Crippen LogP contribution in [0.1, 0.15) is 246 Å². The molecule has 0 radical (unpaired) electrons. The van der Waals surface area contributed by atoms with E-state index in [1.807, 2.05) is 0 Å². The number of benzene rings is 2. The lowest BCUT2D eigenvalue weighted by Gasteiger charge is -2.09. The highest BCUT2D eigenvalue weighted by atomic mass is 35.5. The minimum atomic E-state index is 0.445. The fourth-order valence-corrected chi connectivity index (χ4v) is 13.2. The maximum absolute atomic E-state index is 6.71. The molecule has 2 aromatic carbocycles. The SMILES string of the molecule is CCCCCCC#Cc1c(Cl)c(C#CCCCCCC)c(Cl)c(C#CCCCCCC)c1Cl.CCCCCCc1cc2c(s1)c1cc(CCCCCC)sc1c1cc(CCCCCC)sc21. The smallest absolute Gasteiger partial charge is 0.0750 e. The van der Waals surface area contributed by atoms with Gasteiger partial charge in [0.15, 0.2) is 0 Å². The summed E-state index contributed by atoms with van der Waals surface area (Å²) < 4.78 is 4.70. The molecule has 360 valence electrons. The van der Waals surface area contributed by atoms with Crippen LogP contribution in [0.2, 0.25) is 15.1 Å². The van der Waals surface area contributed by atoms with Gasteiger partial charge in [-0.05, 0) is 76.0 Å². The molecule has 0 aliphatic carbocycles. The Kier molecular flexibility index (Phi) is 28.6. The summed E-state index contributed by atoms with van der Waals surface area (Å²) in [5.41, 5.74) is 1.80. The van der Waals surface area contributed by atoms with Gasteiger partial charge in [0.25, 0.3) is 0 Å². The zero-order valence-corrected chi connectivity index (χ0v) is 46.5. The van der Waals surface area contributed by atoms with E-state index in [1.165, 1.54) is 154 Å². The summed E-state index contributed by atoms with van der Waals surface area (Å²) in [6.45, 7) is 13.5. The highest BCUT2D eigenvalue weighted by Gasteiger charge is 2.20. The first-order chi connectivity index (χ1) is 32.3. The lowest BCUT2D eigenvalue weighted by molar-refractivity contribution is 0.670. The second kappa shape index (κ2) is 33.4. The van der Waals surface area contributed by atoms with E-state index >= 15 is 0 Å². The minimum Gasteiger partial charge on any atom is -0.140 e. The molecule has 0 unspecified atom stereocenters. The third kappa shape index (κ3) is 18.3. The lowest BCUT2D eigenvalue weighted by Crippen LogP contribution is -1.94. The third-order valence-corrected chi connectivity index (χ3v) is 17.2. The highest BCUT2D eigenvalue weighted by Crippen LogP contribution is 2.47. The standard InChI is InChI=1S/C30H39Cl3.C30H42S3/c1-4-7-10-13-16-19-22-25-28(31)26(23-20-17-14-11-8-5-2)30(33)27(29(25)32)24-21-18-15-12-9-6-3;1-4-7-10-13-16-22-19-25-28(31-22)26-20-23(17-14-11-8-5-2)33-30(26)27-21-24(32-29(25)27)18-15-12-9-6-3/h4-18H2,1-3H3;19-21H,4-18H2,1-3H3. The molecule has 66 heavy (non-hydrogen) atoms. The van der Waals surface area contributed by atoms with Crippen LogP contribution in [0.3, 0.4) is 0 Å². The van der Waals surface area contributed by atoms with Crippen LogP contribution in [0.5, 0.6) is 0 Å². The molecule has 0 saturated carbocycles. The van der Waals surface area contributed by atoms with E-state index < -0.39 is 0 Å². The fraction of sp³-hybridized carbons (Fsp3) is 0.600. The van der Waals surface area contributed by atoms with Gasteiger partial charge in [-0.1, -0.05) is 227 Å². The van der Waals surface area contributed by atoms with Crippen molar-refractivity contribution in [3.63, 3.8) is 0 Å². The second-order valence-electron chi connectivity index (χ2n) is 18.2. The Bertz CT molecular complexity index is 1990. The third-order valence-electron chi connectivity index (χ3n) is 12.3. The van der Waals surface area contributed by atoms with Crippen molar-refractivity contribution in [1.29, 1.82) is 0 Å². The Labute approximate surface area is 430 Å². The van der Waals surface area contributed by atoms with Gasteiger partial charge in [0.2, 0.25) is 0 Å². The van der Waals surface area contributed by atoms with Gasteiger partial charge < -0.3 is 0 Å². The molecule has 5 rings (SSSR count). The molecule has 6 heteroatoms. The molecule has 5 aromatic rings. The van der Waals surface area contributed by atoms with Gasteiger partial charge in [-0.3, -0.25) is 0 Å². The zero-order chi connectivity index (χ0) is 47.4. The monoisotopic (exact) mass is 1000 g/mol. The number of fused-ring (bicyclic) bond motifs is 6. The van der Waals surface area contributed by atoms with Crippen molar-refractivity contribution in [3.05, 3.63) is 64.6 Å². The van der Waals surface area contributed by atoms with Crippen LogP contribution in [0.15, 0.2) is 18.2 Å². The molecule has 3 heterocycles. The first-order valence-electron chi connectivity index (χ1n) is 26.4. The number of hydrogen-bond donors (Lipinski definition) is 0. The summed E-state index contributed by atoms with van der Waals surface area (Å²) in [5, 5.41) is 5.98. The highest BCUT2D eigenvalue weighted by molar-refractivity contribution is 7.26. The van der Waals surface area contributed by atoms with E-state index in [2.05, 4.69) is 129 Å². The van der Waals surface area contributed by atoms with E-state index in [4.69, 9.17) is 34.8 Å². The average molecular weight is 1000 g/mol. The van der Waals surface area contributed by atoms with Crippen LogP contribution in [0, 0.1) is 35.5 Å². The van der Waals surface area contributed by atoms with Crippen LogP contribution in [0.25, 0.3) is 30.3 Å². The van der Waals surface area contributed by atoms with Crippen molar-refractivity contribution >= 4 is 99.1 Å². The van der Waals surface area contributed by atoms with Gasteiger partial charge in [0.1, 0.15) is 0 Å². The molecule has 0 spiro atoms. The summed E-state index contributed by atoms with van der Waals surface area (Å²) in [6.07, 6.45) is 36.6. The summed E-state index contributed by atoms with van der Waals surface area (Å²) in [6, 6.07) is 7.68. The Morgan fingerprint density at radius 3 is 0.818 bits per heavy atom. The Morgan fingerprint density at radius 1 is 0.333 bits per heavy atom. The Hall–Kier alpha value is -2.13. The summed E-state index contributed by atoms with van der Waals surface area (Å²) >= 11 is 26.4. The molecular formula is C60H81Cl3S3. The lowest BCUT2D eigenvalue weighted by atomic mass is 10.0. The van der Waals surface area contributed by atoms with Gasteiger partial charge in [0.05, 0.1) is 31.8 Å². The topological polar surface area (TPSA) is 0 Å². The van der Waals surface area contributed by atoms with E-state index in [0.717, 1.165) is 38.5 Å². The molecule has 0 N–H and O–H groups in total. The van der Waals surface area contributed by atoms with Crippen molar-refractivity contribution < 1.29 is 0 Å². The second-order valence-corrected chi connectivity index (χ2v) is 22.7. The summed E-state index contributed by atoms with van der Waals surface area (Å²) in [7, 11) is 0. The van der Waals surface area contributed by atoms with Gasteiger partial charge in [-0.2, -0.15) is 0 Å². The van der Waals surface area contributed by atoms with Crippen molar-refractivity contribution in [3.8, 4) is 35.5 Å².